The molecule has 0 aliphatic heterocycles. The SMILES string of the molecule is CC[C@](C)(NN)C(=O)OC. The van der Waals surface area contributed by atoms with Crippen LogP contribution in [0, 0.1) is 0 Å². The Hall–Kier alpha value is -0.610. The molecule has 0 spiro atoms. The normalized spacial score (nSPS) is 16.0. The summed E-state index contributed by atoms with van der Waals surface area (Å²) in [7, 11) is 1.34. The van der Waals surface area contributed by atoms with Crippen molar-refractivity contribution in [2.24, 2.45) is 5.84 Å². The lowest BCUT2D eigenvalue weighted by Gasteiger charge is -2.23. The molecule has 0 aromatic heterocycles. The minimum Gasteiger partial charge on any atom is -0.468 e. The molecule has 0 radical (unpaired) electrons. The number of carbonyl (C=O) groups excluding carboxylic acids is 1. The standard InChI is InChI=1S/C6H14N2O2/c1-4-6(2,8-7)5(9)10-3/h8H,4,7H2,1-3H3/t6-/m0/s1. The van der Waals surface area contributed by atoms with Gasteiger partial charge in [-0.2, -0.15) is 0 Å². The van der Waals surface area contributed by atoms with Crippen molar-refractivity contribution < 1.29 is 9.53 Å². The molecule has 4 nitrogen and oxygen atoms in total. The van der Waals surface area contributed by atoms with E-state index in [-0.39, 0.29) is 5.97 Å². The number of carbonyl (C=O) groups is 1. The van der Waals surface area contributed by atoms with Gasteiger partial charge in [0.2, 0.25) is 0 Å². The predicted molar refractivity (Wildman–Crippen MR) is 38.0 cm³/mol. The first kappa shape index (κ1) is 9.39. The van der Waals surface area contributed by atoms with Gasteiger partial charge in [-0.3, -0.25) is 10.6 Å². The maximum Gasteiger partial charge on any atom is 0.327 e. The predicted octanol–water partition coefficient (Wildman–Crippen LogP) is -0.209. The van der Waals surface area contributed by atoms with Crippen molar-refractivity contribution in [2.45, 2.75) is 25.8 Å². The fourth-order valence-electron chi connectivity index (χ4n) is 0.531. The van der Waals surface area contributed by atoms with Crippen molar-refractivity contribution in [3.05, 3.63) is 0 Å². The van der Waals surface area contributed by atoms with Gasteiger partial charge in [-0.25, -0.2) is 5.43 Å². The molecule has 0 saturated heterocycles. The summed E-state index contributed by atoms with van der Waals surface area (Å²) >= 11 is 0. The number of hydrazine groups is 1. The summed E-state index contributed by atoms with van der Waals surface area (Å²) in [6, 6.07) is 0. The summed E-state index contributed by atoms with van der Waals surface area (Å²) in [6.07, 6.45) is 0.607. The molecule has 0 bridgehead atoms. The average molecular weight is 146 g/mol. The zero-order chi connectivity index (χ0) is 8.20. The molecule has 4 heteroatoms. The second-order valence-corrected chi connectivity index (χ2v) is 2.32. The Kier molecular flexibility index (Phi) is 3.32. The van der Waals surface area contributed by atoms with Gasteiger partial charge in [0.1, 0.15) is 5.54 Å². The van der Waals surface area contributed by atoms with Gasteiger partial charge >= 0.3 is 5.97 Å². The number of nitrogens with two attached hydrogens (primary N) is 1. The summed E-state index contributed by atoms with van der Waals surface area (Å²) in [5.41, 5.74) is 1.66. The lowest BCUT2D eigenvalue weighted by Crippen LogP contribution is -2.53. The average Bonchev–Trinajstić information content (AvgIpc) is 2.01. The fourth-order valence-corrected chi connectivity index (χ4v) is 0.531. The van der Waals surface area contributed by atoms with E-state index in [1.807, 2.05) is 6.92 Å². The van der Waals surface area contributed by atoms with Crippen LogP contribution < -0.4 is 11.3 Å². The highest BCUT2D eigenvalue weighted by atomic mass is 16.5. The Labute approximate surface area is 60.7 Å². The van der Waals surface area contributed by atoms with Crippen molar-refractivity contribution in [1.29, 1.82) is 0 Å². The van der Waals surface area contributed by atoms with Crippen molar-refractivity contribution in [3.63, 3.8) is 0 Å². The summed E-state index contributed by atoms with van der Waals surface area (Å²) in [4.78, 5) is 10.9. The monoisotopic (exact) mass is 146 g/mol. The Bertz CT molecular complexity index is 121. The van der Waals surface area contributed by atoms with E-state index in [9.17, 15) is 4.79 Å². The van der Waals surface area contributed by atoms with Crippen LogP contribution in [-0.2, 0) is 9.53 Å². The zero-order valence-electron chi connectivity index (χ0n) is 6.60. The van der Waals surface area contributed by atoms with Crippen LogP contribution in [-0.4, -0.2) is 18.6 Å². The second kappa shape index (κ2) is 3.53. The van der Waals surface area contributed by atoms with E-state index in [1.54, 1.807) is 6.92 Å². The van der Waals surface area contributed by atoms with Crippen molar-refractivity contribution in [1.82, 2.24) is 5.43 Å². The number of esters is 1. The van der Waals surface area contributed by atoms with Gasteiger partial charge in [0.15, 0.2) is 0 Å². The lowest BCUT2D eigenvalue weighted by atomic mass is 10.0. The Morgan fingerprint density at radius 2 is 2.30 bits per heavy atom. The molecule has 0 amide bonds. The van der Waals surface area contributed by atoms with E-state index >= 15 is 0 Å². The van der Waals surface area contributed by atoms with Crippen LogP contribution in [0.4, 0.5) is 0 Å². The molecule has 3 N–H and O–H groups in total. The van der Waals surface area contributed by atoms with Gasteiger partial charge in [0.25, 0.3) is 0 Å². The Morgan fingerprint density at radius 3 is 2.40 bits per heavy atom. The number of hydrogen-bond acceptors (Lipinski definition) is 4. The van der Waals surface area contributed by atoms with Crippen LogP contribution in [0.1, 0.15) is 20.3 Å². The second-order valence-electron chi connectivity index (χ2n) is 2.32. The molecule has 0 rings (SSSR count). The third-order valence-electron chi connectivity index (χ3n) is 1.66. The largest absolute Gasteiger partial charge is 0.468 e. The smallest absolute Gasteiger partial charge is 0.327 e. The van der Waals surface area contributed by atoms with Gasteiger partial charge in [-0.05, 0) is 13.3 Å². The molecule has 0 aliphatic carbocycles. The third-order valence-corrected chi connectivity index (χ3v) is 1.66. The van der Waals surface area contributed by atoms with Gasteiger partial charge in [-0.15, -0.1) is 0 Å². The number of rotatable bonds is 3. The van der Waals surface area contributed by atoms with Crippen LogP contribution in [0.15, 0.2) is 0 Å². The molecule has 0 heterocycles. The zero-order valence-corrected chi connectivity index (χ0v) is 6.60. The van der Waals surface area contributed by atoms with Crippen LogP contribution in [0.5, 0.6) is 0 Å². The number of hydrogen-bond donors (Lipinski definition) is 2. The highest BCUT2D eigenvalue weighted by Crippen LogP contribution is 2.08. The molecular formula is C6H14N2O2. The Balaban J connectivity index is 4.17. The molecule has 10 heavy (non-hydrogen) atoms. The Morgan fingerprint density at radius 1 is 1.80 bits per heavy atom. The van der Waals surface area contributed by atoms with Crippen molar-refractivity contribution >= 4 is 5.97 Å². The molecule has 60 valence electrons. The van der Waals surface area contributed by atoms with Gasteiger partial charge < -0.3 is 4.74 Å². The van der Waals surface area contributed by atoms with E-state index < -0.39 is 5.54 Å². The minimum absolute atomic E-state index is 0.336. The van der Waals surface area contributed by atoms with Crippen LogP contribution in [0.2, 0.25) is 0 Å². The van der Waals surface area contributed by atoms with E-state index in [2.05, 4.69) is 10.2 Å². The first-order valence-electron chi connectivity index (χ1n) is 3.17. The highest BCUT2D eigenvalue weighted by Gasteiger charge is 2.30. The van der Waals surface area contributed by atoms with E-state index in [0.717, 1.165) is 0 Å². The van der Waals surface area contributed by atoms with Crippen molar-refractivity contribution in [3.8, 4) is 0 Å². The summed E-state index contributed by atoms with van der Waals surface area (Å²) < 4.78 is 4.52. The molecule has 0 aromatic rings. The molecule has 0 aliphatic rings. The lowest BCUT2D eigenvalue weighted by molar-refractivity contribution is -0.148. The molecule has 0 saturated carbocycles. The van der Waals surface area contributed by atoms with Gasteiger partial charge in [0.05, 0.1) is 7.11 Å². The topological polar surface area (TPSA) is 64.3 Å². The third kappa shape index (κ3) is 1.68. The van der Waals surface area contributed by atoms with Gasteiger partial charge in [-0.1, -0.05) is 6.92 Å². The van der Waals surface area contributed by atoms with Gasteiger partial charge in [0, 0.05) is 0 Å². The highest BCUT2D eigenvalue weighted by molar-refractivity contribution is 5.79. The number of methoxy groups -OCH3 is 1. The maximum atomic E-state index is 10.9. The number of ether oxygens (including phenoxy) is 1. The molecule has 0 unspecified atom stereocenters. The first-order chi connectivity index (χ1) is 4.60. The summed E-state index contributed by atoms with van der Waals surface area (Å²) in [6.45, 7) is 3.55. The quantitative estimate of drug-likeness (QED) is 0.328. The summed E-state index contributed by atoms with van der Waals surface area (Å²) in [5.74, 6) is 4.81. The van der Waals surface area contributed by atoms with E-state index in [1.165, 1.54) is 7.11 Å². The van der Waals surface area contributed by atoms with Crippen LogP contribution in [0.3, 0.4) is 0 Å². The first-order valence-corrected chi connectivity index (χ1v) is 3.17. The molecule has 0 fully saturated rings. The van der Waals surface area contributed by atoms with Crippen LogP contribution >= 0.6 is 0 Å². The fraction of sp³-hybridized carbons (Fsp3) is 0.833. The van der Waals surface area contributed by atoms with E-state index in [0.29, 0.717) is 6.42 Å². The molecule has 1 atom stereocenters. The van der Waals surface area contributed by atoms with Crippen molar-refractivity contribution in [2.75, 3.05) is 7.11 Å². The van der Waals surface area contributed by atoms with Crippen LogP contribution in [0.25, 0.3) is 0 Å². The summed E-state index contributed by atoms with van der Waals surface area (Å²) in [5, 5.41) is 0. The molecule has 0 aromatic carbocycles. The maximum absolute atomic E-state index is 10.9. The van der Waals surface area contributed by atoms with E-state index in [4.69, 9.17) is 5.84 Å². The minimum atomic E-state index is -0.741. The number of nitrogens with one attached hydrogen (secondary N) is 1. The molecular weight excluding hydrogens is 132 g/mol.